The van der Waals surface area contributed by atoms with E-state index in [1.54, 1.807) is 12.1 Å². The number of carbonyl (C=O) groups excluding carboxylic acids is 1. The number of halogens is 1. The summed E-state index contributed by atoms with van der Waals surface area (Å²) in [7, 11) is 0. The third-order valence-electron chi connectivity index (χ3n) is 4.05. The van der Waals surface area contributed by atoms with Gasteiger partial charge in [-0.25, -0.2) is 4.98 Å². The number of aromatic nitrogens is 1. The van der Waals surface area contributed by atoms with E-state index in [-0.39, 0.29) is 18.2 Å². The highest BCUT2D eigenvalue weighted by Crippen LogP contribution is 2.20. The molecule has 0 unspecified atom stereocenters. The van der Waals surface area contributed by atoms with Crippen LogP contribution in [0.25, 0.3) is 0 Å². The molecule has 0 radical (unpaired) electrons. The molecule has 2 rings (SSSR count). The predicted molar refractivity (Wildman–Crippen MR) is 88.5 cm³/mol. The molecular weight excluding hydrogens is 318 g/mol. The summed E-state index contributed by atoms with van der Waals surface area (Å²) >= 11 is 5.77. The van der Waals surface area contributed by atoms with Crippen LogP contribution >= 0.6 is 11.6 Å². The van der Waals surface area contributed by atoms with Crippen molar-refractivity contribution in [3.05, 3.63) is 23.4 Å². The third kappa shape index (κ3) is 6.15. The fourth-order valence-corrected chi connectivity index (χ4v) is 2.82. The second-order valence-electron chi connectivity index (χ2n) is 5.82. The minimum absolute atomic E-state index is 0.00254. The first-order valence-corrected chi connectivity index (χ1v) is 8.29. The molecule has 0 aliphatic carbocycles. The van der Waals surface area contributed by atoms with Crippen LogP contribution in [-0.4, -0.2) is 46.5 Å². The van der Waals surface area contributed by atoms with E-state index in [4.69, 9.17) is 16.7 Å². The van der Waals surface area contributed by atoms with Gasteiger partial charge in [-0.2, -0.15) is 0 Å². The Labute approximate surface area is 140 Å². The van der Waals surface area contributed by atoms with Gasteiger partial charge in [-0.1, -0.05) is 11.6 Å². The molecule has 126 valence electrons. The maximum atomic E-state index is 12.2. The van der Waals surface area contributed by atoms with Gasteiger partial charge in [0.25, 0.3) is 0 Å². The smallest absolute Gasteiger partial charge is 0.303 e. The Bertz CT molecular complexity index is 528. The average Bonchev–Trinajstić information content (AvgIpc) is 2.54. The summed E-state index contributed by atoms with van der Waals surface area (Å²) in [5.74, 6) is -0.209. The zero-order chi connectivity index (χ0) is 16.7. The molecule has 1 aromatic heterocycles. The van der Waals surface area contributed by atoms with Crippen molar-refractivity contribution < 1.29 is 14.7 Å². The lowest BCUT2D eigenvalue weighted by Crippen LogP contribution is -2.38. The number of rotatable bonds is 7. The molecule has 1 aliphatic heterocycles. The quantitative estimate of drug-likeness (QED) is 0.746. The number of hydrogen-bond donors (Lipinski definition) is 2. The normalized spacial score (nSPS) is 16.2. The van der Waals surface area contributed by atoms with Crippen LogP contribution in [-0.2, 0) is 9.59 Å². The van der Waals surface area contributed by atoms with Crippen molar-refractivity contribution in [3.8, 4) is 0 Å². The number of carboxylic acid groups (broad SMARTS) is 1. The first kappa shape index (κ1) is 17.7. The van der Waals surface area contributed by atoms with E-state index >= 15 is 0 Å². The molecule has 1 fully saturated rings. The summed E-state index contributed by atoms with van der Waals surface area (Å²) < 4.78 is 0. The van der Waals surface area contributed by atoms with Gasteiger partial charge in [0.05, 0.1) is 5.02 Å². The molecule has 1 saturated heterocycles. The number of hydrogen-bond acceptors (Lipinski definition) is 4. The van der Waals surface area contributed by atoms with Gasteiger partial charge in [-0.05, 0) is 57.5 Å². The Morgan fingerprint density at radius 3 is 2.65 bits per heavy atom. The number of carboxylic acids is 1. The molecule has 0 spiro atoms. The number of piperidine rings is 1. The lowest BCUT2D eigenvalue weighted by molar-refractivity contribution is -0.137. The molecular formula is C16H22ClN3O3. The van der Waals surface area contributed by atoms with Crippen LogP contribution in [0.4, 0.5) is 5.82 Å². The number of pyridine rings is 1. The van der Waals surface area contributed by atoms with Gasteiger partial charge in [0, 0.05) is 18.5 Å². The second kappa shape index (κ2) is 8.84. The summed E-state index contributed by atoms with van der Waals surface area (Å²) in [5, 5.41) is 12.0. The van der Waals surface area contributed by atoms with Gasteiger partial charge in [0.15, 0.2) is 0 Å². The minimum Gasteiger partial charge on any atom is -0.481 e. The highest BCUT2D eigenvalue weighted by molar-refractivity contribution is 6.30. The van der Waals surface area contributed by atoms with E-state index in [1.165, 1.54) is 6.20 Å². The Balaban J connectivity index is 1.68. The Kier molecular flexibility index (Phi) is 6.80. The topological polar surface area (TPSA) is 82.5 Å². The molecule has 1 amide bonds. The van der Waals surface area contributed by atoms with Crippen molar-refractivity contribution in [1.82, 2.24) is 9.88 Å². The van der Waals surface area contributed by atoms with Crippen LogP contribution in [0.3, 0.4) is 0 Å². The molecule has 0 saturated carbocycles. The zero-order valence-electron chi connectivity index (χ0n) is 13.0. The first-order chi connectivity index (χ1) is 11.0. The number of nitrogens with one attached hydrogen (secondary N) is 1. The van der Waals surface area contributed by atoms with Gasteiger partial charge < -0.3 is 15.3 Å². The summed E-state index contributed by atoms with van der Waals surface area (Å²) in [6.07, 6.45) is 4.97. The van der Waals surface area contributed by atoms with Crippen molar-refractivity contribution in [2.24, 2.45) is 5.92 Å². The Morgan fingerprint density at radius 1 is 1.30 bits per heavy atom. The zero-order valence-corrected chi connectivity index (χ0v) is 13.8. The van der Waals surface area contributed by atoms with Crippen LogP contribution in [0.15, 0.2) is 18.3 Å². The van der Waals surface area contributed by atoms with Crippen LogP contribution in [0.5, 0.6) is 0 Å². The predicted octanol–water partition coefficient (Wildman–Crippen LogP) is 2.64. The fraction of sp³-hybridized carbons (Fsp3) is 0.562. The average molecular weight is 340 g/mol. The first-order valence-electron chi connectivity index (χ1n) is 7.91. The Hall–Kier alpha value is -1.66. The number of aliphatic carboxylic acids is 1. The van der Waals surface area contributed by atoms with Crippen molar-refractivity contribution in [2.75, 3.05) is 25.0 Å². The Morgan fingerprint density at radius 2 is 2.04 bits per heavy atom. The van der Waals surface area contributed by atoms with Crippen LogP contribution in [0, 0.1) is 5.92 Å². The summed E-state index contributed by atoms with van der Waals surface area (Å²) in [6.45, 7) is 2.65. The van der Waals surface area contributed by atoms with Crippen LogP contribution < -0.4 is 5.32 Å². The summed E-state index contributed by atoms with van der Waals surface area (Å²) in [4.78, 5) is 29.1. The summed E-state index contributed by atoms with van der Waals surface area (Å²) in [5.41, 5.74) is 0. The molecule has 6 nitrogen and oxygen atoms in total. The number of likely N-dealkylation sites (tertiary alicyclic amines) is 1. The number of nitrogens with zero attached hydrogens (tertiary/aromatic N) is 2. The number of amides is 1. The molecule has 2 heterocycles. The molecule has 0 bridgehead atoms. The monoisotopic (exact) mass is 339 g/mol. The second-order valence-corrected chi connectivity index (χ2v) is 6.25. The lowest BCUT2D eigenvalue weighted by atomic mass is 9.95. The van der Waals surface area contributed by atoms with E-state index in [0.29, 0.717) is 17.3 Å². The molecule has 0 aromatic carbocycles. The molecule has 2 N–H and O–H groups in total. The highest BCUT2D eigenvalue weighted by atomic mass is 35.5. The largest absolute Gasteiger partial charge is 0.481 e. The number of carbonyl (C=O) groups is 2. The molecule has 1 aliphatic rings. The molecule has 23 heavy (non-hydrogen) atoms. The maximum Gasteiger partial charge on any atom is 0.303 e. The third-order valence-corrected chi connectivity index (χ3v) is 4.28. The van der Waals surface area contributed by atoms with Crippen molar-refractivity contribution in [2.45, 2.75) is 32.1 Å². The number of unbranched alkanes of at least 4 members (excludes halogenated alkanes) is 1. The molecule has 0 atom stereocenters. The van der Waals surface area contributed by atoms with Gasteiger partial charge >= 0.3 is 5.97 Å². The fourth-order valence-electron chi connectivity index (χ4n) is 2.71. The maximum absolute atomic E-state index is 12.2. The van der Waals surface area contributed by atoms with Crippen LogP contribution in [0.2, 0.25) is 5.02 Å². The van der Waals surface area contributed by atoms with E-state index in [0.717, 1.165) is 38.9 Å². The molecule has 7 heteroatoms. The van der Waals surface area contributed by atoms with Gasteiger partial charge in [-0.15, -0.1) is 0 Å². The minimum atomic E-state index is -0.740. The van der Waals surface area contributed by atoms with E-state index in [1.807, 2.05) is 0 Å². The SMILES string of the molecule is O=C(O)CCCCN1CCC(C(=O)Nc2ccc(Cl)cn2)CC1. The van der Waals surface area contributed by atoms with Gasteiger partial charge in [0.2, 0.25) is 5.91 Å². The highest BCUT2D eigenvalue weighted by Gasteiger charge is 2.24. The van der Waals surface area contributed by atoms with E-state index in [2.05, 4.69) is 15.2 Å². The number of anilines is 1. The summed E-state index contributed by atoms with van der Waals surface area (Å²) in [6, 6.07) is 3.39. The molecule has 1 aromatic rings. The van der Waals surface area contributed by atoms with Crippen molar-refractivity contribution in [1.29, 1.82) is 0 Å². The standard InChI is InChI=1S/C16H22ClN3O3/c17-13-4-5-14(18-11-13)19-16(23)12-6-9-20(10-7-12)8-2-1-3-15(21)22/h4-5,11-12H,1-3,6-10H2,(H,21,22)(H,18,19,23). The van der Waals surface area contributed by atoms with Gasteiger partial charge in [-0.3, -0.25) is 9.59 Å². The van der Waals surface area contributed by atoms with Crippen LogP contribution in [0.1, 0.15) is 32.1 Å². The van der Waals surface area contributed by atoms with Crippen molar-refractivity contribution in [3.63, 3.8) is 0 Å². The van der Waals surface area contributed by atoms with Gasteiger partial charge in [0.1, 0.15) is 5.82 Å². The van der Waals surface area contributed by atoms with Crippen molar-refractivity contribution >= 4 is 29.3 Å². The van der Waals surface area contributed by atoms with E-state index in [9.17, 15) is 9.59 Å². The van der Waals surface area contributed by atoms with E-state index < -0.39 is 5.97 Å². The lowest BCUT2D eigenvalue weighted by Gasteiger charge is -2.31.